The van der Waals surface area contributed by atoms with Crippen LogP contribution in [0.5, 0.6) is 5.75 Å². The summed E-state index contributed by atoms with van der Waals surface area (Å²) in [6, 6.07) is 11.8. The minimum absolute atomic E-state index is 0.0220. The lowest BCUT2D eigenvalue weighted by Crippen LogP contribution is -2.01. The maximum atomic E-state index is 13.0. The Morgan fingerprint density at radius 2 is 1.75 bits per heavy atom. The Morgan fingerprint density at radius 3 is 2.44 bits per heavy atom. The minimum Gasteiger partial charge on any atom is -0.507 e. The highest BCUT2D eigenvalue weighted by Gasteiger charge is 2.13. The molecule has 0 amide bonds. The molecule has 0 aromatic heterocycles. The average Bonchev–Trinajstić information content (AvgIpc) is 2.32. The molecular formula is C13H9FO2. The predicted octanol–water partition coefficient (Wildman–Crippen LogP) is 2.76. The van der Waals surface area contributed by atoms with Gasteiger partial charge in [0.05, 0.1) is 5.56 Å². The van der Waals surface area contributed by atoms with E-state index in [0.717, 1.165) is 12.1 Å². The number of rotatable bonds is 2. The number of phenols is 1. The van der Waals surface area contributed by atoms with Gasteiger partial charge in [0.1, 0.15) is 11.6 Å². The van der Waals surface area contributed by atoms with Gasteiger partial charge in [-0.3, -0.25) is 4.79 Å². The SMILES string of the molecule is O=C(c1ccccc1)c1cc(F)ccc1O. The van der Waals surface area contributed by atoms with E-state index in [0.29, 0.717) is 5.56 Å². The summed E-state index contributed by atoms with van der Waals surface area (Å²) in [4.78, 5) is 11.9. The summed E-state index contributed by atoms with van der Waals surface area (Å²) in [6.45, 7) is 0. The summed E-state index contributed by atoms with van der Waals surface area (Å²) < 4.78 is 13.0. The third-order valence-corrected chi connectivity index (χ3v) is 2.24. The minimum atomic E-state index is -0.544. The Kier molecular flexibility index (Phi) is 2.68. The van der Waals surface area contributed by atoms with Crippen molar-refractivity contribution in [2.75, 3.05) is 0 Å². The smallest absolute Gasteiger partial charge is 0.196 e. The van der Waals surface area contributed by atoms with E-state index in [-0.39, 0.29) is 11.3 Å². The van der Waals surface area contributed by atoms with Gasteiger partial charge in [-0.1, -0.05) is 30.3 Å². The third-order valence-electron chi connectivity index (χ3n) is 2.24. The second kappa shape index (κ2) is 4.14. The van der Waals surface area contributed by atoms with Gasteiger partial charge in [-0.05, 0) is 18.2 Å². The van der Waals surface area contributed by atoms with Crippen molar-refractivity contribution in [2.24, 2.45) is 0 Å². The number of benzene rings is 2. The van der Waals surface area contributed by atoms with Crippen LogP contribution in [-0.4, -0.2) is 10.9 Å². The molecule has 0 saturated heterocycles. The highest BCUT2D eigenvalue weighted by molar-refractivity contribution is 6.10. The van der Waals surface area contributed by atoms with Gasteiger partial charge < -0.3 is 5.11 Å². The summed E-state index contributed by atoms with van der Waals surface area (Å²) in [7, 11) is 0. The number of ketones is 1. The Balaban J connectivity index is 2.46. The largest absolute Gasteiger partial charge is 0.507 e. The van der Waals surface area contributed by atoms with Crippen LogP contribution in [0, 0.1) is 5.82 Å². The van der Waals surface area contributed by atoms with Crippen molar-refractivity contribution in [1.82, 2.24) is 0 Å². The molecule has 0 aliphatic rings. The fraction of sp³-hybridized carbons (Fsp3) is 0. The molecule has 0 bridgehead atoms. The molecule has 0 saturated carbocycles. The predicted molar refractivity (Wildman–Crippen MR) is 57.9 cm³/mol. The van der Waals surface area contributed by atoms with Crippen LogP contribution in [0.2, 0.25) is 0 Å². The number of hydrogen-bond acceptors (Lipinski definition) is 2. The fourth-order valence-corrected chi connectivity index (χ4v) is 1.44. The zero-order valence-corrected chi connectivity index (χ0v) is 8.35. The van der Waals surface area contributed by atoms with Crippen LogP contribution in [0.3, 0.4) is 0 Å². The molecule has 0 fully saturated rings. The van der Waals surface area contributed by atoms with Crippen molar-refractivity contribution in [1.29, 1.82) is 0 Å². The maximum Gasteiger partial charge on any atom is 0.196 e. The topological polar surface area (TPSA) is 37.3 Å². The van der Waals surface area contributed by atoms with Crippen molar-refractivity contribution < 1.29 is 14.3 Å². The van der Waals surface area contributed by atoms with E-state index >= 15 is 0 Å². The summed E-state index contributed by atoms with van der Waals surface area (Å²) in [6.07, 6.45) is 0. The van der Waals surface area contributed by atoms with Crippen LogP contribution < -0.4 is 0 Å². The molecular weight excluding hydrogens is 207 g/mol. The van der Waals surface area contributed by atoms with Gasteiger partial charge in [0.25, 0.3) is 0 Å². The lowest BCUT2D eigenvalue weighted by molar-refractivity contribution is 0.103. The second-order valence-electron chi connectivity index (χ2n) is 3.36. The van der Waals surface area contributed by atoms with Crippen LogP contribution in [0.1, 0.15) is 15.9 Å². The maximum absolute atomic E-state index is 13.0. The molecule has 0 unspecified atom stereocenters. The van der Waals surface area contributed by atoms with Crippen LogP contribution in [0.25, 0.3) is 0 Å². The van der Waals surface area contributed by atoms with Crippen molar-refractivity contribution in [3.8, 4) is 5.75 Å². The van der Waals surface area contributed by atoms with Gasteiger partial charge in [0, 0.05) is 5.56 Å². The zero-order valence-electron chi connectivity index (χ0n) is 8.35. The fourth-order valence-electron chi connectivity index (χ4n) is 1.44. The lowest BCUT2D eigenvalue weighted by atomic mass is 10.0. The molecule has 2 aromatic rings. The van der Waals surface area contributed by atoms with E-state index in [1.807, 2.05) is 0 Å². The van der Waals surface area contributed by atoms with Gasteiger partial charge in [0.2, 0.25) is 0 Å². The average molecular weight is 216 g/mol. The van der Waals surface area contributed by atoms with Crippen LogP contribution in [0.4, 0.5) is 4.39 Å². The lowest BCUT2D eigenvalue weighted by Gasteiger charge is -2.03. The molecule has 2 aromatic carbocycles. The highest BCUT2D eigenvalue weighted by Crippen LogP contribution is 2.21. The molecule has 0 spiro atoms. The summed E-state index contributed by atoms with van der Waals surface area (Å²) in [5.41, 5.74) is 0.398. The first-order valence-corrected chi connectivity index (χ1v) is 4.77. The zero-order chi connectivity index (χ0) is 11.5. The van der Waals surface area contributed by atoms with Crippen LogP contribution in [0.15, 0.2) is 48.5 Å². The summed E-state index contributed by atoms with van der Waals surface area (Å²) in [5.74, 6) is -1.15. The van der Waals surface area contributed by atoms with E-state index in [9.17, 15) is 14.3 Å². The number of carbonyl (C=O) groups excluding carboxylic acids is 1. The van der Waals surface area contributed by atoms with Crippen molar-refractivity contribution in [3.05, 3.63) is 65.5 Å². The number of carbonyl (C=O) groups is 1. The molecule has 0 atom stereocenters. The van der Waals surface area contributed by atoms with Gasteiger partial charge in [-0.25, -0.2) is 4.39 Å². The molecule has 1 N–H and O–H groups in total. The van der Waals surface area contributed by atoms with Crippen LogP contribution in [-0.2, 0) is 0 Å². The highest BCUT2D eigenvalue weighted by atomic mass is 19.1. The van der Waals surface area contributed by atoms with E-state index in [1.54, 1.807) is 30.3 Å². The first kappa shape index (κ1) is 10.4. The molecule has 16 heavy (non-hydrogen) atoms. The van der Waals surface area contributed by atoms with E-state index in [1.165, 1.54) is 6.07 Å². The number of phenolic OH excluding ortho intramolecular Hbond substituents is 1. The third kappa shape index (κ3) is 1.93. The normalized spacial score (nSPS) is 10.1. The Morgan fingerprint density at radius 1 is 1.06 bits per heavy atom. The first-order valence-electron chi connectivity index (χ1n) is 4.77. The number of halogens is 1. The van der Waals surface area contributed by atoms with Crippen molar-refractivity contribution in [2.45, 2.75) is 0 Å². The molecule has 80 valence electrons. The number of hydrogen-bond donors (Lipinski definition) is 1. The van der Waals surface area contributed by atoms with Crippen molar-refractivity contribution in [3.63, 3.8) is 0 Å². The Labute approximate surface area is 92.0 Å². The summed E-state index contributed by atoms with van der Waals surface area (Å²) >= 11 is 0. The van der Waals surface area contributed by atoms with Crippen LogP contribution >= 0.6 is 0 Å². The molecule has 2 nitrogen and oxygen atoms in total. The summed E-state index contributed by atoms with van der Waals surface area (Å²) in [5, 5.41) is 9.48. The van der Waals surface area contributed by atoms with E-state index in [4.69, 9.17) is 0 Å². The second-order valence-corrected chi connectivity index (χ2v) is 3.36. The molecule has 0 aliphatic carbocycles. The van der Waals surface area contributed by atoms with Gasteiger partial charge in [-0.15, -0.1) is 0 Å². The molecule has 3 heteroatoms. The first-order chi connectivity index (χ1) is 7.68. The molecule has 0 aliphatic heterocycles. The van der Waals surface area contributed by atoms with Gasteiger partial charge >= 0.3 is 0 Å². The Bertz CT molecular complexity index is 521. The molecule has 0 heterocycles. The van der Waals surface area contributed by atoms with E-state index < -0.39 is 11.6 Å². The molecule has 2 rings (SSSR count). The monoisotopic (exact) mass is 216 g/mol. The van der Waals surface area contributed by atoms with Gasteiger partial charge in [-0.2, -0.15) is 0 Å². The number of aromatic hydroxyl groups is 1. The quantitative estimate of drug-likeness (QED) is 0.784. The van der Waals surface area contributed by atoms with Crippen molar-refractivity contribution >= 4 is 5.78 Å². The Hall–Kier alpha value is -2.16. The standard InChI is InChI=1S/C13H9FO2/c14-10-6-7-12(15)11(8-10)13(16)9-4-2-1-3-5-9/h1-8,15H. The van der Waals surface area contributed by atoms with Gasteiger partial charge in [0.15, 0.2) is 5.78 Å². The molecule has 0 radical (unpaired) electrons. The van der Waals surface area contributed by atoms with E-state index in [2.05, 4.69) is 0 Å².